The third-order valence-electron chi connectivity index (χ3n) is 2.52. The second-order valence-corrected chi connectivity index (χ2v) is 4.03. The first-order chi connectivity index (χ1) is 8.76. The summed E-state index contributed by atoms with van der Waals surface area (Å²) in [6.07, 6.45) is 1.97. The number of amides is 2. The fraction of sp³-hybridized carbons (Fsp3) is 0.500. The zero-order chi connectivity index (χ0) is 13.2. The maximum Gasteiger partial charge on any atom is 0.314 e. The number of hydrogen-bond donors (Lipinski definition) is 2. The fourth-order valence-corrected chi connectivity index (χ4v) is 1.46. The summed E-state index contributed by atoms with van der Waals surface area (Å²) in [5.41, 5.74) is 1.29. The molecule has 0 aliphatic carbocycles. The van der Waals surface area contributed by atoms with Crippen LogP contribution in [0.1, 0.15) is 25.8 Å². The standard InChI is InChI=1S/C14H22N2O2/c1-3-9-15-14(17)16-10-11-18-13-7-5-12(4-2)6-8-13/h5-8H,3-4,9-11H2,1-2H3,(H2,15,16,17). The van der Waals surface area contributed by atoms with Gasteiger partial charge in [-0.25, -0.2) is 4.79 Å². The highest BCUT2D eigenvalue weighted by Crippen LogP contribution is 2.11. The van der Waals surface area contributed by atoms with E-state index in [9.17, 15) is 4.79 Å². The maximum atomic E-state index is 11.2. The number of benzene rings is 1. The van der Waals surface area contributed by atoms with E-state index in [1.807, 2.05) is 19.1 Å². The van der Waals surface area contributed by atoms with Gasteiger partial charge in [-0.2, -0.15) is 0 Å². The van der Waals surface area contributed by atoms with E-state index in [0.29, 0.717) is 19.7 Å². The van der Waals surface area contributed by atoms with Crippen LogP contribution < -0.4 is 15.4 Å². The van der Waals surface area contributed by atoms with Crippen LogP contribution in [0, 0.1) is 0 Å². The molecular weight excluding hydrogens is 228 g/mol. The Morgan fingerprint density at radius 1 is 1.11 bits per heavy atom. The van der Waals surface area contributed by atoms with Crippen molar-refractivity contribution in [2.45, 2.75) is 26.7 Å². The first-order valence-corrected chi connectivity index (χ1v) is 6.49. The topological polar surface area (TPSA) is 50.4 Å². The number of hydrogen-bond acceptors (Lipinski definition) is 2. The highest BCUT2D eigenvalue weighted by atomic mass is 16.5. The number of nitrogens with one attached hydrogen (secondary N) is 2. The summed E-state index contributed by atoms with van der Waals surface area (Å²) >= 11 is 0. The summed E-state index contributed by atoms with van der Waals surface area (Å²) in [4.78, 5) is 11.2. The second-order valence-electron chi connectivity index (χ2n) is 4.03. The van der Waals surface area contributed by atoms with E-state index < -0.39 is 0 Å². The Kier molecular flexibility index (Phi) is 6.69. The molecule has 0 aromatic heterocycles. The van der Waals surface area contributed by atoms with Gasteiger partial charge in [0.05, 0.1) is 6.54 Å². The van der Waals surface area contributed by atoms with E-state index in [4.69, 9.17) is 4.74 Å². The molecule has 0 atom stereocenters. The van der Waals surface area contributed by atoms with Gasteiger partial charge < -0.3 is 15.4 Å². The predicted molar refractivity (Wildman–Crippen MR) is 73.0 cm³/mol. The summed E-state index contributed by atoms with van der Waals surface area (Å²) in [7, 11) is 0. The van der Waals surface area contributed by atoms with Gasteiger partial charge in [0, 0.05) is 6.54 Å². The predicted octanol–water partition coefficient (Wildman–Crippen LogP) is 2.34. The van der Waals surface area contributed by atoms with Crippen LogP contribution >= 0.6 is 0 Å². The molecule has 100 valence electrons. The third kappa shape index (κ3) is 5.57. The molecule has 0 aliphatic rings. The van der Waals surface area contributed by atoms with Crippen LogP contribution in [0.3, 0.4) is 0 Å². The minimum atomic E-state index is -0.137. The molecule has 0 saturated heterocycles. The Morgan fingerprint density at radius 2 is 1.78 bits per heavy atom. The molecule has 0 unspecified atom stereocenters. The lowest BCUT2D eigenvalue weighted by Gasteiger charge is -2.08. The van der Waals surface area contributed by atoms with Gasteiger partial charge in [-0.3, -0.25) is 0 Å². The first-order valence-electron chi connectivity index (χ1n) is 6.49. The van der Waals surface area contributed by atoms with Crippen molar-refractivity contribution in [2.24, 2.45) is 0 Å². The van der Waals surface area contributed by atoms with Crippen molar-refractivity contribution in [3.05, 3.63) is 29.8 Å². The molecule has 1 aromatic rings. The number of ether oxygens (including phenoxy) is 1. The average molecular weight is 250 g/mol. The number of urea groups is 1. The van der Waals surface area contributed by atoms with Crippen LogP contribution in [0.4, 0.5) is 4.79 Å². The highest BCUT2D eigenvalue weighted by molar-refractivity contribution is 5.73. The van der Waals surface area contributed by atoms with Crippen LogP contribution in [0.2, 0.25) is 0 Å². The molecule has 0 saturated carbocycles. The number of aryl methyl sites for hydroxylation is 1. The lowest BCUT2D eigenvalue weighted by Crippen LogP contribution is -2.37. The van der Waals surface area contributed by atoms with Gasteiger partial charge in [0.25, 0.3) is 0 Å². The number of carbonyl (C=O) groups excluding carboxylic acids is 1. The monoisotopic (exact) mass is 250 g/mol. The van der Waals surface area contributed by atoms with E-state index >= 15 is 0 Å². The molecule has 2 N–H and O–H groups in total. The molecule has 0 fully saturated rings. The van der Waals surface area contributed by atoms with E-state index in [2.05, 4.69) is 29.7 Å². The van der Waals surface area contributed by atoms with Crippen LogP contribution in [-0.4, -0.2) is 25.7 Å². The third-order valence-corrected chi connectivity index (χ3v) is 2.52. The Bertz CT molecular complexity index is 349. The minimum Gasteiger partial charge on any atom is -0.492 e. The zero-order valence-electron chi connectivity index (χ0n) is 11.2. The SMILES string of the molecule is CCCNC(=O)NCCOc1ccc(CC)cc1. The number of rotatable bonds is 7. The Labute approximate surface area is 109 Å². The molecular formula is C14H22N2O2. The molecule has 18 heavy (non-hydrogen) atoms. The van der Waals surface area contributed by atoms with Gasteiger partial charge in [0.15, 0.2) is 0 Å². The molecule has 0 radical (unpaired) electrons. The summed E-state index contributed by atoms with van der Waals surface area (Å²) in [6, 6.07) is 7.88. The Balaban J connectivity index is 2.15. The van der Waals surface area contributed by atoms with E-state index in [1.54, 1.807) is 0 Å². The van der Waals surface area contributed by atoms with Gasteiger partial charge in [0.1, 0.15) is 12.4 Å². The van der Waals surface area contributed by atoms with Crippen LogP contribution in [-0.2, 0) is 6.42 Å². The Hall–Kier alpha value is -1.71. The lowest BCUT2D eigenvalue weighted by molar-refractivity contribution is 0.236. The fourth-order valence-electron chi connectivity index (χ4n) is 1.46. The summed E-state index contributed by atoms with van der Waals surface area (Å²) < 4.78 is 5.52. The summed E-state index contributed by atoms with van der Waals surface area (Å²) in [5, 5.41) is 5.48. The molecule has 0 spiro atoms. The van der Waals surface area contributed by atoms with Crippen molar-refractivity contribution in [1.29, 1.82) is 0 Å². The largest absolute Gasteiger partial charge is 0.492 e. The van der Waals surface area contributed by atoms with Crippen molar-refractivity contribution < 1.29 is 9.53 Å². The van der Waals surface area contributed by atoms with Gasteiger partial charge in [-0.05, 0) is 30.5 Å². The smallest absolute Gasteiger partial charge is 0.314 e. The average Bonchev–Trinajstić information content (AvgIpc) is 2.42. The molecule has 0 aliphatic heterocycles. The van der Waals surface area contributed by atoms with Crippen molar-refractivity contribution in [3.63, 3.8) is 0 Å². The normalized spacial score (nSPS) is 9.89. The first kappa shape index (κ1) is 14.4. The second kappa shape index (κ2) is 8.39. The van der Waals surface area contributed by atoms with Gasteiger partial charge in [0.2, 0.25) is 0 Å². The van der Waals surface area contributed by atoms with Crippen molar-refractivity contribution in [2.75, 3.05) is 19.7 Å². The maximum absolute atomic E-state index is 11.2. The molecule has 2 amide bonds. The molecule has 1 rings (SSSR count). The zero-order valence-corrected chi connectivity index (χ0v) is 11.2. The van der Waals surface area contributed by atoms with E-state index in [1.165, 1.54) is 5.56 Å². The summed E-state index contributed by atoms with van der Waals surface area (Å²) in [5.74, 6) is 0.836. The summed E-state index contributed by atoms with van der Waals surface area (Å²) in [6.45, 7) is 5.82. The quantitative estimate of drug-likeness (QED) is 0.730. The van der Waals surface area contributed by atoms with Crippen LogP contribution in [0.25, 0.3) is 0 Å². The number of carbonyl (C=O) groups is 1. The molecule has 1 aromatic carbocycles. The van der Waals surface area contributed by atoms with E-state index in [-0.39, 0.29) is 6.03 Å². The molecule has 0 heterocycles. The lowest BCUT2D eigenvalue weighted by atomic mass is 10.2. The van der Waals surface area contributed by atoms with Gasteiger partial charge in [-0.1, -0.05) is 26.0 Å². The molecule has 0 bridgehead atoms. The Morgan fingerprint density at radius 3 is 2.39 bits per heavy atom. The van der Waals surface area contributed by atoms with Crippen LogP contribution in [0.5, 0.6) is 5.75 Å². The minimum absolute atomic E-state index is 0.137. The van der Waals surface area contributed by atoms with Crippen molar-refractivity contribution in [1.82, 2.24) is 10.6 Å². The van der Waals surface area contributed by atoms with Crippen LogP contribution in [0.15, 0.2) is 24.3 Å². The highest BCUT2D eigenvalue weighted by Gasteiger charge is 1.98. The van der Waals surface area contributed by atoms with Crippen molar-refractivity contribution in [3.8, 4) is 5.75 Å². The van der Waals surface area contributed by atoms with Crippen molar-refractivity contribution >= 4 is 6.03 Å². The molecule has 4 nitrogen and oxygen atoms in total. The van der Waals surface area contributed by atoms with E-state index in [0.717, 1.165) is 18.6 Å². The van der Waals surface area contributed by atoms with Gasteiger partial charge in [-0.15, -0.1) is 0 Å². The molecule has 4 heteroatoms. The van der Waals surface area contributed by atoms with Gasteiger partial charge >= 0.3 is 6.03 Å².